The molecule has 1 amide bonds. The van der Waals surface area contributed by atoms with Crippen molar-refractivity contribution in [1.82, 2.24) is 20.4 Å². The molecule has 0 radical (unpaired) electrons. The smallest absolute Gasteiger partial charge is 0.349 e. The predicted octanol–water partition coefficient (Wildman–Crippen LogP) is 5.11. The first kappa shape index (κ1) is 23.9. The molecule has 182 valence electrons. The van der Waals surface area contributed by atoms with Crippen molar-refractivity contribution in [2.75, 3.05) is 26.2 Å². The number of amidine groups is 1. The number of fused-ring (bicyclic) bond motifs is 1. The molecule has 3 aromatic rings. The Morgan fingerprint density at radius 1 is 1.14 bits per heavy atom. The number of aromatic nitrogens is 2. The maximum Gasteiger partial charge on any atom is 0.416 e. The van der Waals surface area contributed by atoms with Crippen LogP contribution in [0, 0.1) is 0 Å². The summed E-state index contributed by atoms with van der Waals surface area (Å²) in [5, 5.41) is 11.6. The van der Waals surface area contributed by atoms with E-state index in [9.17, 15) is 18.0 Å². The van der Waals surface area contributed by atoms with Crippen LogP contribution in [0.3, 0.4) is 0 Å². The highest BCUT2D eigenvalue weighted by molar-refractivity contribution is 8.18. The number of aromatic amines is 1. The zero-order valence-electron chi connectivity index (χ0n) is 18.5. The second kappa shape index (κ2) is 9.67. The van der Waals surface area contributed by atoms with Crippen molar-refractivity contribution in [3.63, 3.8) is 0 Å². The van der Waals surface area contributed by atoms with E-state index in [-0.39, 0.29) is 17.0 Å². The maximum atomic E-state index is 13.9. The molecule has 2 aliphatic heterocycles. The number of halogens is 4. The van der Waals surface area contributed by atoms with Gasteiger partial charge in [-0.2, -0.15) is 23.3 Å². The Hall–Kier alpha value is -2.82. The fraction of sp³-hybridized carbons (Fsp3) is 0.292. The SMILES string of the molecule is O=C1N=C(N2CCCNCC2)SC1=C(Cc1ccc(Cl)cc1C(F)(F)F)c1ccc2[nH]ncc2c1. The van der Waals surface area contributed by atoms with E-state index in [2.05, 4.69) is 25.4 Å². The van der Waals surface area contributed by atoms with E-state index in [4.69, 9.17) is 11.6 Å². The van der Waals surface area contributed by atoms with Gasteiger partial charge in [0, 0.05) is 30.0 Å². The summed E-state index contributed by atoms with van der Waals surface area (Å²) >= 11 is 7.12. The zero-order valence-corrected chi connectivity index (χ0v) is 20.0. The van der Waals surface area contributed by atoms with Crippen LogP contribution in [0.5, 0.6) is 0 Å². The first-order valence-corrected chi connectivity index (χ1v) is 12.3. The molecule has 0 saturated carbocycles. The van der Waals surface area contributed by atoms with Crippen molar-refractivity contribution < 1.29 is 18.0 Å². The highest BCUT2D eigenvalue weighted by Gasteiger charge is 2.35. The minimum absolute atomic E-state index is 0.00167. The summed E-state index contributed by atoms with van der Waals surface area (Å²) < 4.78 is 41.6. The number of amides is 1. The van der Waals surface area contributed by atoms with Crippen LogP contribution >= 0.6 is 23.4 Å². The van der Waals surface area contributed by atoms with Gasteiger partial charge in [-0.05, 0) is 72.1 Å². The standard InChI is InChI=1S/C24H21ClF3N5OS/c25-17-4-2-15(19(12-17)24(26,27)28)11-18(14-3-5-20-16(10-14)13-30-32-20)21-22(34)31-23(35-21)33-8-1-6-29-7-9-33/h2-5,10,12-13,29H,1,6-9,11H2,(H,30,32). The number of nitrogens with zero attached hydrogens (tertiary/aromatic N) is 3. The topological polar surface area (TPSA) is 73.4 Å². The number of hydrogen-bond acceptors (Lipinski definition) is 5. The molecule has 0 bridgehead atoms. The lowest BCUT2D eigenvalue weighted by molar-refractivity contribution is -0.138. The van der Waals surface area contributed by atoms with Crippen molar-refractivity contribution in [3.05, 3.63) is 69.2 Å². The molecule has 6 nitrogen and oxygen atoms in total. The molecule has 3 heterocycles. The van der Waals surface area contributed by atoms with Crippen molar-refractivity contribution in [2.45, 2.75) is 19.0 Å². The van der Waals surface area contributed by atoms with Crippen LogP contribution in [0.15, 0.2) is 52.5 Å². The van der Waals surface area contributed by atoms with Gasteiger partial charge in [-0.1, -0.05) is 23.7 Å². The van der Waals surface area contributed by atoms with Gasteiger partial charge in [0.2, 0.25) is 0 Å². The number of benzene rings is 2. The number of rotatable bonds is 3. The van der Waals surface area contributed by atoms with Crippen LogP contribution in [-0.2, 0) is 17.4 Å². The molecule has 0 spiro atoms. The number of alkyl halides is 3. The average molecular weight is 520 g/mol. The van der Waals surface area contributed by atoms with Crippen LogP contribution in [0.1, 0.15) is 23.1 Å². The van der Waals surface area contributed by atoms with Gasteiger partial charge < -0.3 is 10.2 Å². The highest BCUT2D eigenvalue weighted by Crippen LogP contribution is 2.40. The van der Waals surface area contributed by atoms with Gasteiger partial charge >= 0.3 is 6.18 Å². The fourth-order valence-electron chi connectivity index (χ4n) is 4.26. The number of aliphatic imine (C=N–C) groups is 1. The molecule has 1 fully saturated rings. The van der Waals surface area contributed by atoms with E-state index in [0.29, 0.717) is 27.8 Å². The molecule has 5 rings (SSSR count). The number of allylic oxidation sites excluding steroid dienone is 1. The van der Waals surface area contributed by atoms with E-state index in [1.54, 1.807) is 18.3 Å². The van der Waals surface area contributed by atoms with Gasteiger partial charge in [0.05, 0.1) is 22.2 Å². The monoisotopic (exact) mass is 519 g/mol. The van der Waals surface area contributed by atoms with E-state index in [1.807, 2.05) is 6.07 Å². The Kier molecular flexibility index (Phi) is 6.61. The zero-order chi connectivity index (χ0) is 24.6. The minimum atomic E-state index is -4.59. The fourth-order valence-corrected chi connectivity index (χ4v) is 5.50. The molecule has 0 unspecified atom stereocenters. The van der Waals surface area contributed by atoms with Crippen molar-refractivity contribution in [2.24, 2.45) is 4.99 Å². The molecule has 11 heteroatoms. The number of nitrogens with one attached hydrogen (secondary N) is 2. The lowest BCUT2D eigenvalue weighted by atomic mass is 9.93. The normalized spacial score (nSPS) is 18.7. The molecule has 2 N–H and O–H groups in total. The van der Waals surface area contributed by atoms with Gasteiger partial charge in [-0.25, -0.2) is 0 Å². The molecule has 2 aromatic carbocycles. The molecule has 1 aromatic heterocycles. The lowest BCUT2D eigenvalue weighted by Gasteiger charge is -2.21. The third-order valence-electron chi connectivity index (χ3n) is 6.00. The lowest BCUT2D eigenvalue weighted by Crippen LogP contribution is -2.31. The van der Waals surface area contributed by atoms with E-state index in [0.717, 1.165) is 43.0 Å². The summed E-state index contributed by atoms with van der Waals surface area (Å²) in [6.45, 7) is 3.12. The third kappa shape index (κ3) is 5.10. The molecular formula is C24H21ClF3N5OS. The van der Waals surface area contributed by atoms with Crippen LogP contribution in [0.2, 0.25) is 5.02 Å². The Morgan fingerprint density at radius 2 is 2.00 bits per heavy atom. The average Bonchev–Trinajstić information content (AvgIpc) is 3.34. The summed E-state index contributed by atoms with van der Waals surface area (Å²) in [4.78, 5) is 19.8. The Labute approximate surface area is 208 Å². The van der Waals surface area contributed by atoms with Crippen molar-refractivity contribution in [1.29, 1.82) is 0 Å². The number of carbonyl (C=O) groups is 1. The molecule has 2 aliphatic rings. The van der Waals surface area contributed by atoms with E-state index < -0.39 is 17.6 Å². The Morgan fingerprint density at radius 3 is 2.83 bits per heavy atom. The number of H-pyrrole nitrogens is 1. The van der Waals surface area contributed by atoms with E-state index in [1.165, 1.54) is 23.9 Å². The second-order valence-corrected chi connectivity index (χ2v) is 9.76. The second-order valence-electron chi connectivity index (χ2n) is 8.35. The number of carbonyl (C=O) groups excluding carboxylic acids is 1. The quantitative estimate of drug-likeness (QED) is 0.470. The Bertz CT molecular complexity index is 1340. The van der Waals surface area contributed by atoms with Gasteiger partial charge in [0.1, 0.15) is 0 Å². The first-order valence-electron chi connectivity index (χ1n) is 11.1. The molecular weight excluding hydrogens is 499 g/mol. The van der Waals surface area contributed by atoms with Crippen molar-refractivity contribution in [3.8, 4) is 0 Å². The third-order valence-corrected chi connectivity index (χ3v) is 7.39. The van der Waals surface area contributed by atoms with Gasteiger partial charge in [0.15, 0.2) is 5.17 Å². The molecule has 35 heavy (non-hydrogen) atoms. The van der Waals surface area contributed by atoms with Gasteiger partial charge in [-0.3, -0.25) is 9.89 Å². The Balaban J connectivity index is 1.59. The van der Waals surface area contributed by atoms with Crippen LogP contribution in [0.25, 0.3) is 16.5 Å². The summed E-state index contributed by atoms with van der Waals surface area (Å²) in [6, 6.07) is 9.14. The first-order chi connectivity index (χ1) is 16.8. The van der Waals surface area contributed by atoms with Crippen LogP contribution in [-0.4, -0.2) is 52.4 Å². The van der Waals surface area contributed by atoms with Crippen molar-refractivity contribution >= 4 is 50.9 Å². The number of thioether (sulfide) groups is 1. The summed E-state index contributed by atoms with van der Waals surface area (Å²) in [7, 11) is 0. The molecule has 0 aliphatic carbocycles. The summed E-state index contributed by atoms with van der Waals surface area (Å²) in [6.07, 6.45) is -2.14. The summed E-state index contributed by atoms with van der Waals surface area (Å²) in [5.74, 6) is -0.438. The molecule has 0 atom stereocenters. The summed E-state index contributed by atoms with van der Waals surface area (Å²) in [5.41, 5.74) is 1.15. The van der Waals surface area contributed by atoms with Gasteiger partial charge in [-0.15, -0.1) is 0 Å². The van der Waals surface area contributed by atoms with E-state index >= 15 is 0 Å². The highest BCUT2D eigenvalue weighted by atomic mass is 35.5. The van der Waals surface area contributed by atoms with Crippen LogP contribution < -0.4 is 5.32 Å². The number of hydrogen-bond donors (Lipinski definition) is 2. The maximum absolute atomic E-state index is 13.9. The predicted molar refractivity (Wildman–Crippen MR) is 132 cm³/mol. The van der Waals surface area contributed by atoms with Crippen LogP contribution in [0.4, 0.5) is 13.2 Å². The minimum Gasteiger partial charge on any atom is -0.349 e. The molecule has 1 saturated heterocycles. The largest absolute Gasteiger partial charge is 0.416 e. The van der Waals surface area contributed by atoms with Gasteiger partial charge in [0.25, 0.3) is 5.91 Å².